The Labute approximate surface area is 118 Å². The highest BCUT2D eigenvalue weighted by molar-refractivity contribution is 7.89. The van der Waals surface area contributed by atoms with Gasteiger partial charge in [-0.15, -0.1) is 0 Å². The molecule has 0 spiro atoms. The molecule has 1 aromatic heterocycles. The summed E-state index contributed by atoms with van der Waals surface area (Å²) in [7, 11) is -3.50. The van der Waals surface area contributed by atoms with Crippen LogP contribution in [0.4, 0.5) is 5.69 Å². The third-order valence-electron chi connectivity index (χ3n) is 2.94. The molecule has 0 fully saturated rings. The summed E-state index contributed by atoms with van der Waals surface area (Å²) < 4.78 is 28.4. The first-order valence-electron chi connectivity index (χ1n) is 6.41. The minimum atomic E-state index is -3.50. The normalized spacial score (nSPS) is 11.7. The van der Waals surface area contributed by atoms with Crippen LogP contribution < -0.4 is 10.5 Å². The molecule has 0 saturated heterocycles. The summed E-state index contributed by atoms with van der Waals surface area (Å²) in [4.78, 5) is 4.42. The van der Waals surface area contributed by atoms with Crippen LogP contribution in [0.3, 0.4) is 0 Å². The van der Waals surface area contributed by atoms with E-state index in [9.17, 15) is 8.42 Å². The van der Waals surface area contributed by atoms with Gasteiger partial charge >= 0.3 is 0 Å². The van der Waals surface area contributed by atoms with E-state index in [2.05, 4.69) is 9.71 Å². The minimum absolute atomic E-state index is 0.194. The van der Waals surface area contributed by atoms with Gasteiger partial charge in [0.1, 0.15) is 5.82 Å². The SMILES string of the molecule is CCNS(=O)(=O)c1ccc(N)c(-n2ccnc2CC)c1. The molecule has 0 amide bonds. The van der Waals surface area contributed by atoms with E-state index in [-0.39, 0.29) is 4.90 Å². The first kappa shape index (κ1) is 14.5. The molecule has 1 heterocycles. The number of aryl methyl sites for hydroxylation is 1. The fourth-order valence-corrected chi connectivity index (χ4v) is 3.05. The molecule has 0 radical (unpaired) electrons. The Morgan fingerprint density at radius 1 is 1.35 bits per heavy atom. The second kappa shape index (κ2) is 5.64. The number of anilines is 1. The van der Waals surface area contributed by atoms with E-state index < -0.39 is 10.0 Å². The Balaban J connectivity index is 2.56. The van der Waals surface area contributed by atoms with Crippen molar-refractivity contribution in [2.24, 2.45) is 0 Å². The molecule has 20 heavy (non-hydrogen) atoms. The van der Waals surface area contributed by atoms with E-state index >= 15 is 0 Å². The molecule has 2 aromatic rings. The Kier molecular flexibility index (Phi) is 4.10. The molecular formula is C13H18N4O2S. The van der Waals surface area contributed by atoms with E-state index in [4.69, 9.17) is 5.73 Å². The Hall–Kier alpha value is -1.86. The maximum Gasteiger partial charge on any atom is 0.240 e. The first-order chi connectivity index (χ1) is 9.49. The maximum absolute atomic E-state index is 12.0. The first-order valence-corrected chi connectivity index (χ1v) is 7.89. The smallest absolute Gasteiger partial charge is 0.240 e. The Morgan fingerprint density at radius 2 is 2.10 bits per heavy atom. The number of rotatable bonds is 5. The van der Waals surface area contributed by atoms with E-state index in [0.29, 0.717) is 17.9 Å². The van der Waals surface area contributed by atoms with Gasteiger partial charge in [-0.05, 0) is 18.2 Å². The van der Waals surface area contributed by atoms with Gasteiger partial charge in [0.25, 0.3) is 0 Å². The summed E-state index contributed by atoms with van der Waals surface area (Å²) >= 11 is 0. The summed E-state index contributed by atoms with van der Waals surface area (Å²) in [5, 5.41) is 0. The lowest BCUT2D eigenvalue weighted by Gasteiger charge is -2.12. The molecule has 0 atom stereocenters. The second-order valence-electron chi connectivity index (χ2n) is 4.29. The molecule has 0 unspecified atom stereocenters. The highest BCUT2D eigenvalue weighted by Crippen LogP contribution is 2.23. The predicted octanol–water partition coefficient (Wildman–Crippen LogP) is 1.32. The summed E-state index contributed by atoms with van der Waals surface area (Å²) in [6.45, 7) is 4.06. The van der Waals surface area contributed by atoms with Crippen LogP contribution in [-0.2, 0) is 16.4 Å². The average molecular weight is 294 g/mol. The van der Waals surface area contributed by atoms with Crippen molar-refractivity contribution >= 4 is 15.7 Å². The molecule has 0 bridgehead atoms. The maximum atomic E-state index is 12.0. The summed E-state index contributed by atoms with van der Waals surface area (Å²) in [6, 6.07) is 4.66. The van der Waals surface area contributed by atoms with Gasteiger partial charge in [-0.2, -0.15) is 0 Å². The third kappa shape index (κ3) is 2.68. The quantitative estimate of drug-likeness (QED) is 0.814. The predicted molar refractivity (Wildman–Crippen MR) is 78.2 cm³/mol. The fourth-order valence-electron chi connectivity index (χ4n) is 1.99. The van der Waals surface area contributed by atoms with E-state index in [1.807, 2.05) is 6.92 Å². The number of hydrogen-bond donors (Lipinski definition) is 2. The van der Waals surface area contributed by atoms with Crippen LogP contribution in [-0.4, -0.2) is 24.5 Å². The standard InChI is InChI=1S/C13H18N4O2S/c1-3-13-15-7-8-17(13)12-9-10(5-6-11(12)14)20(18,19)16-4-2/h5-9,16H,3-4,14H2,1-2H3. The third-order valence-corrected chi connectivity index (χ3v) is 4.48. The van der Waals surface area contributed by atoms with Crippen molar-refractivity contribution in [3.8, 4) is 5.69 Å². The van der Waals surface area contributed by atoms with Crippen molar-refractivity contribution in [2.45, 2.75) is 25.2 Å². The number of nitrogen functional groups attached to an aromatic ring is 1. The van der Waals surface area contributed by atoms with Gasteiger partial charge in [0, 0.05) is 25.4 Å². The molecule has 1 aromatic carbocycles. The number of sulfonamides is 1. The number of imidazole rings is 1. The van der Waals surface area contributed by atoms with Crippen LogP contribution >= 0.6 is 0 Å². The number of nitrogens with one attached hydrogen (secondary N) is 1. The number of hydrogen-bond acceptors (Lipinski definition) is 4. The minimum Gasteiger partial charge on any atom is -0.397 e. The van der Waals surface area contributed by atoms with E-state index in [1.54, 1.807) is 36.0 Å². The fraction of sp³-hybridized carbons (Fsp3) is 0.308. The molecule has 0 saturated carbocycles. The van der Waals surface area contributed by atoms with Crippen LogP contribution in [0.25, 0.3) is 5.69 Å². The highest BCUT2D eigenvalue weighted by Gasteiger charge is 2.16. The lowest BCUT2D eigenvalue weighted by atomic mass is 10.2. The monoisotopic (exact) mass is 294 g/mol. The van der Waals surface area contributed by atoms with Crippen molar-refractivity contribution in [3.05, 3.63) is 36.4 Å². The lowest BCUT2D eigenvalue weighted by molar-refractivity contribution is 0.584. The lowest BCUT2D eigenvalue weighted by Crippen LogP contribution is -2.23. The zero-order chi connectivity index (χ0) is 14.8. The molecule has 0 aliphatic heterocycles. The van der Waals surface area contributed by atoms with Crippen LogP contribution in [0.1, 0.15) is 19.7 Å². The van der Waals surface area contributed by atoms with Crippen molar-refractivity contribution < 1.29 is 8.42 Å². The Bertz CT molecular complexity index is 707. The topological polar surface area (TPSA) is 90.0 Å². The van der Waals surface area contributed by atoms with E-state index in [1.165, 1.54) is 6.07 Å². The van der Waals surface area contributed by atoms with Gasteiger partial charge in [0.2, 0.25) is 10.0 Å². The molecule has 6 nitrogen and oxygen atoms in total. The summed E-state index contributed by atoms with van der Waals surface area (Å²) in [6.07, 6.45) is 4.18. The van der Waals surface area contributed by atoms with Gasteiger partial charge in [0.15, 0.2) is 0 Å². The Morgan fingerprint density at radius 3 is 2.75 bits per heavy atom. The average Bonchev–Trinajstić information content (AvgIpc) is 2.87. The van der Waals surface area contributed by atoms with Crippen LogP contribution in [0, 0.1) is 0 Å². The van der Waals surface area contributed by atoms with E-state index in [0.717, 1.165) is 12.2 Å². The summed E-state index contributed by atoms with van der Waals surface area (Å²) in [5.74, 6) is 0.828. The summed E-state index contributed by atoms with van der Waals surface area (Å²) in [5.41, 5.74) is 7.09. The van der Waals surface area contributed by atoms with Crippen molar-refractivity contribution in [2.75, 3.05) is 12.3 Å². The number of benzene rings is 1. The zero-order valence-electron chi connectivity index (χ0n) is 11.5. The molecule has 0 aliphatic carbocycles. The van der Waals surface area contributed by atoms with Gasteiger partial charge in [-0.1, -0.05) is 13.8 Å². The van der Waals surface area contributed by atoms with Crippen LogP contribution in [0.15, 0.2) is 35.5 Å². The zero-order valence-corrected chi connectivity index (χ0v) is 12.3. The molecule has 2 rings (SSSR count). The molecule has 108 valence electrons. The van der Waals surface area contributed by atoms with Crippen molar-refractivity contribution in [1.29, 1.82) is 0 Å². The molecule has 3 N–H and O–H groups in total. The molecular weight excluding hydrogens is 276 g/mol. The van der Waals surface area contributed by atoms with Crippen LogP contribution in [0.5, 0.6) is 0 Å². The van der Waals surface area contributed by atoms with Crippen molar-refractivity contribution in [1.82, 2.24) is 14.3 Å². The molecule has 7 heteroatoms. The number of nitrogens with zero attached hydrogens (tertiary/aromatic N) is 2. The van der Waals surface area contributed by atoms with Crippen LogP contribution in [0.2, 0.25) is 0 Å². The second-order valence-corrected chi connectivity index (χ2v) is 6.06. The van der Waals surface area contributed by atoms with Gasteiger partial charge in [0.05, 0.1) is 16.3 Å². The largest absolute Gasteiger partial charge is 0.397 e. The van der Waals surface area contributed by atoms with Crippen molar-refractivity contribution in [3.63, 3.8) is 0 Å². The number of aromatic nitrogens is 2. The number of nitrogens with two attached hydrogens (primary N) is 1. The van der Waals surface area contributed by atoms with Gasteiger partial charge in [-0.25, -0.2) is 18.1 Å². The highest BCUT2D eigenvalue weighted by atomic mass is 32.2. The molecule has 0 aliphatic rings. The van der Waals surface area contributed by atoms with Gasteiger partial charge < -0.3 is 10.3 Å². The van der Waals surface area contributed by atoms with Gasteiger partial charge in [-0.3, -0.25) is 0 Å².